The molecule has 0 unspecified atom stereocenters. The molecule has 0 bridgehead atoms. The molecule has 0 aromatic rings. The van der Waals surface area contributed by atoms with Gasteiger partial charge in [-0.25, -0.2) is 0 Å². The van der Waals surface area contributed by atoms with E-state index >= 15 is 0 Å². The number of nitrogens with zero attached hydrogens (tertiary/aromatic N) is 1. The molecule has 12 heavy (non-hydrogen) atoms. The van der Waals surface area contributed by atoms with E-state index in [1.54, 1.807) is 0 Å². The van der Waals surface area contributed by atoms with E-state index in [0.717, 1.165) is 18.5 Å². The van der Waals surface area contributed by atoms with E-state index in [0.29, 0.717) is 11.8 Å². The van der Waals surface area contributed by atoms with Gasteiger partial charge in [-0.05, 0) is 23.3 Å². The van der Waals surface area contributed by atoms with Crippen molar-refractivity contribution in [3.8, 4) is 6.07 Å². The highest BCUT2D eigenvalue weighted by Gasteiger charge is 2.05. The van der Waals surface area contributed by atoms with Crippen LogP contribution >= 0.6 is 0 Å². The normalized spacial score (nSPS) is 9.83. The van der Waals surface area contributed by atoms with Crippen LogP contribution in [0.25, 0.3) is 4.85 Å². The Morgan fingerprint density at radius 1 is 1.25 bits per heavy atom. The predicted octanol–water partition coefficient (Wildman–Crippen LogP) is 3.93. The van der Waals surface area contributed by atoms with Crippen molar-refractivity contribution >= 4 is 0 Å². The van der Waals surface area contributed by atoms with Crippen LogP contribution in [0.15, 0.2) is 12.3 Å². The minimum absolute atomic E-state index is 0.639. The molecule has 0 aromatic heterocycles. The first kappa shape index (κ1) is 11.2. The van der Waals surface area contributed by atoms with E-state index in [2.05, 4.69) is 45.2 Å². The zero-order valence-electron chi connectivity index (χ0n) is 8.72. The predicted molar refractivity (Wildman–Crippen MR) is 55.3 cm³/mol. The van der Waals surface area contributed by atoms with Gasteiger partial charge in [0.15, 0.2) is 0 Å². The molecule has 1 nitrogen and oxygen atoms in total. The summed E-state index contributed by atoms with van der Waals surface area (Å²) < 4.78 is 0. The van der Waals surface area contributed by atoms with Crippen molar-refractivity contribution in [3.05, 3.63) is 17.1 Å². The van der Waals surface area contributed by atoms with Gasteiger partial charge in [-0.1, -0.05) is 27.7 Å². The molecule has 0 atom stereocenters. The second kappa shape index (κ2) is 5.83. The standard InChI is InChI=1S/C11H20N/c1-9(2)6-7-12-11(5)8-10(3)4/h9-10H,5-6,8H2,1-4H3/q+1. The summed E-state index contributed by atoms with van der Waals surface area (Å²) in [7, 11) is 0. The van der Waals surface area contributed by atoms with E-state index < -0.39 is 0 Å². The van der Waals surface area contributed by atoms with Crippen LogP contribution in [0.1, 0.15) is 40.5 Å². The maximum Gasteiger partial charge on any atom is 0.310 e. The van der Waals surface area contributed by atoms with Gasteiger partial charge in [-0.3, -0.25) is 0 Å². The van der Waals surface area contributed by atoms with Gasteiger partial charge in [0.2, 0.25) is 0 Å². The van der Waals surface area contributed by atoms with Gasteiger partial charge in [-0.15, -0.1) is 0 Å². The van der Waals surface area contributed by atoms with Crippen molar-refractivity contribution in [3.63, 3.8) is 0 Å². The molecule has 68 valence electrons. The Morgan fingerprint density at radius 3 is 2.25 bits per heavy atom. The second-order valence-electron chi connectivity index (χ2n) is 4.03. The van der Waals surface area contributed by atoms with Crippen molar-refractivity contribution in [1.82, 2.24) is 0 Å². The SMILES string of the molecule is C=C(CC(C)C)[N+]#CCC(C)C. The Labute approximate surface area is 76.3 Å². The molecular formula is C11H20N+. The lowest BCUT2D eigenvalue weighted by molar-refractivity contribution is 0.649. The van der Waals surface area contributed by atoms with Crippen molar-refractivity contribution in [2.75, 3.05) is 0 Å². The first-order valence-corrected chi connectivity index (χ1v) is 4.63. The molecule has 0 spiro atoms. The van der Waals surface area contributed by atoms with Crippen molar-refractivity contribution in [2.24, 2.45) is 11.8 Å². The van der Waals surface area contributed by atoms with Crippen molar-refractivity contribution < 1.29 is 0 Å². The molecule has 0 saturated carbocycles. The Morgan fingerprint density at radius 2 is 1.83 bits per heavy atom. The number of hydrogen-bond acceptors (Lipinski definition) is 0. The molecule has 0 radical (unpaired) electrons. The highest BCUT2D eigenvalue weighted by atomic mass is 14.7. The summed E-state index contributed by atoms with van der Waals surface area (Å²) in [6.45, 7) is 12.5. The van der Waals surface area contributed by atoms with E-state index in [4.69, 9.17) is 0 Å². The molecular weight excluding hydrogens is 146 g/mol. The Hall–Kier alpha value is -0.770. The summed E-state index contributed by atoms with van der Waals surface area (Å²) in [6.07, 6.45) is 1.90. The summed E-state index contributed by atoms with van der Waals surface area (Å²) in [5, 5.41) is 0. The first-order valence-electron chi connectivity index (χ1n) is 4.63. The first-order chi connectivity index (χ1) is 5.52. The van der Waals surface area contributed by atoms with Crippen molar-refractivity contribution in [2.45, 2.75) is 40.5 Å². The average Bonchev–Trinajstić information content (AvgIpc) is 1.84. The minimum atomic E-state index is 0.639. The third-order valence-corrected chi connectivity index (χ3v) is 1.38. The molecule has 0 saturated heterocycles. The second-order valence-corrected chi connectivity index (χ2v) is 4.03. The summed E-state index contributed by atoms with van der Waals surface area (Å²) in [4.78, 5) is 4.16. The van der Waals surface area contributed by atoms with Crippen LogP contribution in [0.5, 0.6) is 0 Å². The Kier molecular flexibility index (Phi) is 5.45. The largest absolute Gasteiger partial charge is 0.310 e. The topological polar surface area (TPSA) is 4.36 Å². The van der Waals surface area contributed by atoms with Crippen LogP contribution < -0.4 is 0 Å². The van der Waals surface area contributed by atoms with Gasteiger partial charge in [0, 0.05) is 0 Å². The molecule has 0 aliphatic rings. The summed E-state index contributed by atoms with van der Waals surface area (Å²) in [5.74, 6) is 1.28. The molecule has 1 heteroatoms. The molecule has 0 fully saturated rings. The Balaban J connectivity index is 3.72. The maximum absolute atomic E-state index is 4.16. The van der Waals surface area contributed by atoms with Gasteiger partial charge >= 0.3 is 5.70 Å². The third-order valence-electron chi connectivity index (χ3n) is 1.38. The van der Waals surface area contributed by atoms with Crippen LogP contribution in [0.2, 0.25) is 0 Å². The van der Waals surface area contributed by atoms with Crippen LogP contribution in [-0.4, -0.2) is 0 Å². The van der Waals surface area contributed by atoms with E-state index in [9.17, 15) is 0 Å². The van der Waals surface area contributed by atoms with Crippen LogP contribution in [0.4, 0.5) is 0 Å². The number of rotatable bonds is 3. The van der Waals surface area contributed by atoms with Gasteiger partial charge in [0.1, 0.15) is 0 Å². The lowest BCUT2D eigenvalue weighted by Crippen LogP contribution is -1.86. The monoisotopic (exact) mass is 166 g/mol. The fourth-order valence-electron chi connectivity index (χ4n) is 0.857. The van der Waals surface area contributed by atoms with E-state index in [1.807, 2.05) is 0 Å². The highest BCUT2D eigenvalue weighted by Crippen LogP contribution is 2.09. The van der Waals surface area contributed by atoms with Gasteiger partial charge in [0.05, 0.1) is 12.8 Å². The average molecular weight is 166 g/mol. The smallest absolute Gasteiger partial charge is 0.0622 e. The molecule has 0 aromatic carbocycles. The zero-order chi connectivity index (χ0) is 9.56. The molecule has 0 rings (SSSR count). The summed E-state index contributed by atoms with van der Waals surface area (Å²) in [5.41, 5.74) is 0.950. The summed E-state index contributed by atoms with van der Waals surface area (Å²) in [6, 6.07) is 3.02. The van der Waals surface area contributed by atoms with Gasteiger partial charge in [-0.2, -0.15) is 0 Å². The maximum atomic E-state index is 4.16. The van der Waals surface area contributed by atoms with Crippen LogP contribution in [0.3, 0.4) is 0 Å². The fraction of sp³-hybridized carbons (Fsp3) is 0.727. The quantitative estimate of drug-likeness (QED) is 0.598. The van der Waals surface area contributed by atoms with Crippen molar-refractivity contribution in [1.29, 1.82) is 0 Å². The van der Waals surface area contributed by atoms with Gasteiger partial charge in [0.25, 0.3) is 6.07 Å². The fourth-order valence-corrected chi connectivity index (χ4v) is 0.857. The molecule has 0 aliphatic carbocycles. The minimum Gasteiger partial charge on any atom is -0.0622 e. The third kappa shape index (κ3) is 7.34. The van der Waals surface area contributed by atoms with E-state index in [-0.39, 0.29) is 0 Å². The molecule has 0 aliphatic heterocycles. The summed E-state index contributed by atoms with van der Waals surface area (Å²) >= 11 is 0. The zero-order valence-corrected chi connectivity index (χ0v) is 8.72. The Bertz CT molecular complexity index is 191. The highest BCUT2D eigenvalue weighted by molar-refractivity contribution is 5.10. The lowest BCUT2D eigenvalue weighted by Gasteiger charge is -1.92. The lowest BCUT2D eigenvalue weighted by atomic mass is 10.1. The molecule has 0 amide bonds. The molecule has 0 heterocycles. The molecule has 0 N–H and O–H groups in total. The van der Waals surface area contributed by atoms with E-state index in [1.165, 1.54) is 0 Å². The number of hydrogen-bond donors (Lipinski definition) is 0. The van der Waals surface area contributed by atoms with Crippen LogP contribution in [0, 0.1) is 17.9 Å². The van der Waals surface area contributed by atoms with Gasteiger partial charge < -0.3 is 0 Å². The number of allylic oxidation sites excluding steroid dienone is 1. The van der Waals surface area contributed by atoms with Crippen LogP contribution in [-0.2, 0) is 0 Å².